The molecule has 0 aromatic heterocycles. The molecule has 9 nitrogen and oxygen atoms in total. The molecule has 4 rings (SSSR count). The molecule has 1 saturated heterocycles. The lowest BCUT2D eigenvalue weighted by atomic mass is 10.1. The molecule has 0 spiro atoms. The van der Waals surface area contributed by atoms with Gasteiger partial charge in [-0.15, -0.1) is 4.40 Å². The molecule has 1 amide bonds. The molecular weight excluding hydrogens is 452 g/mol. The van der Waals surface area contributed by atoms with Gasteiger partial charge in [0.05, 0.1) is 4.90 Å². The largest absolute Gasteiger partial charge is 0.353 e. The van der Waals surface area contributed by atoms with Crippen LogP contribution in [0, 0.1) is 6.92 Å². The van der Waals surface area contributed by atoms with Crippen LogP contribution in [0.4, 0.5) is 0 Å². The van der Waals surface area contributed by atoms with Gasteiger partial charge in [-0.05, 0) is 44.0 Å². The van der Waals surface area contributed by atoms with Gasteiger partial charge in [0.15, 0.2) is 5.84 Å². The number of amides is 1. The van der Waals surface area contributed by atoms with Crippen molar-refractivity contribution in [2.75, 3.05) is 19.6 Å². The first-order valence-electron chi connectivity index (χ1n) is 10.2. The Morgan fingerprint density at radius 3 is 2.59 bits per heavy atom. The number of nitrogens with zero attached hydrogens (tertiary/aromatic N) is 2. The highest BCUT2D eigenvalue weighted by Crippen LogP contribution is 2.31. The second-order valence-electron chi connectivity index (χ2n) is 7.74. The van der Waals surface area contributed by atoms with Gasteiger partial charge in [-0.25, -0.2) is 13.1 Å². The number of rotatable bonds is 6. The van der Waals surface area contributed by atoms with Crippen molar-refractivity contribution in [2.24, 2.45) is 4.40 Å². The van der Waals surface area contributed by atoms with E-state index in [0.717, 1.165) is 12.0 Å². The van der Waals surface area contributed by atoms with Crippen LogP contribution in [0.15, 0.2) is 62.7 Å². The summed E-state index contributed by atoms with van der Waals surface area (Å²) in [5.41, 5.74) is 1.46. The Kier molecular flexibility index (Phi) is 6.06. The van der Waals surface area contributed by atoms with Crippen molar-refractivity contribution in [3.8, 4) is 0 Å². The van der Waals surface area contributed by atoms with E-state index in [0.29, 0.717) is 24.4 Å². The van der Waals surface area contributed by atoms with Crippen LogP contribution < -0.4 is 10.0 Å². The maximum Gasteiger partial charge on any atom is 0.285 e. The molecule has 0 saturated carbocycles. The Morgan fingerprint density at radius 2 is 1.84 bits per heavy atom. The third kappa shape index (κ3) is 4.41. The van der Waals surface area contributed by atoms with Gasteiger partial charge in [-0.2, -0.15) is 8.42 Å². The minimum atomic E-state index is -3.77. The number of nitrogens with one attached hydrogen (secondary N) is 2. The molecule has 2 aliphatic heterocycles. The minimum Gasteiger partial charge on any atom is -0.353 e. The van der Waals surface area contributed by atoms with Gasteiger partial charge in [0, 0.05) is 25.2 Å². The molecule has 170 valence electrons. The van der Waals surface area contributed by atoms with Crippen LogP contribution in [0.1, 0.15) is 24.0 Å². The molecule has 2 aromatic rings. The number of benzene rings is 2. The normalized spacial score (nSPS) is 19.5. The first-order chi connectivity index (χ1) is 15.2. The third-order valence-electron chi connectivity index (χ3n) is 5.49. The zero-order valence-electron chi connectivity index (χ0n) is 17.5. The number of fused-ring (bicyclic) bond motifs is 1. The average Bonchev–Trinajstić information content (AvgIpc) is 3.34. The highest BCUT2D eigenvalue weighted by atomic mass is 32.2. The van der Waals surface area contributed by atoms with Crippen molar-refractivity contribution < 1.29 is 21.6 Å². The smallest absolute Gasteiger partial charge is 0.285 e. The summed E-state index contributed by atoms with van der Waals surface area (Å²) in [5.74, 6) is -0.000151. The third-order valence-corrected chi connectivity index (χ3v) is 8.29. The van der Waals surface area contributed by atoms with E-state index < -0.39 is 26.1 Å². The van der Waals surface area contributed by atoms with Crippen molar-refractivity contribution >= 4 is 31.8 Å². The van der Waals surface area contributed by atoms with E-state index in [4.69, 9.17) is 0 Å². The molecule has 2 heterocycles. The molecule has 0 radical (unpaired) electrons. The first kappa shape index (κ1) is 22.4. The van der Waals surface area contributed by atoms with Crippen LogP contribution in [-0.4, -0.2) is 59.2 Å². The van der Waals surface area contributed by atoms with E-state index >= 15 is 0 Å². The number of hydrogen-bond acceptors (Lipinski definition) is 6. The summed E-state index contributed by atoms with van der Waals surface area (Å²) in [6, 6.07) is 12.5. The second kappa shape index (κ2) is 8.64. The highest BCUT2D eigenvalue weighted by Gasteiger charge is 2.39. The fourth-order valence-electron chi connectivity index (χ4n) is 3.88. The SMILES string of the molecule is Cc1ccc(S(=O)(=O)NCCNC(=O)[C@@H]2CCCN2C2=NS(=O)(=O)c3ccccc32)cc1. The van der Waals surface area contributed by atoms with Crippen LogP contribution in [0.3, 0.4) is 0 Å². The number of carbonyl (C=O) groups is 1. The molecule has 11 heteroatoms. The van der Waals surface area contributed by atoms with E-state index in [-0.39, 0.29) is 28.8 Å². The first-order valence-corrected chi connectivity index (χ1v) is 13.2. The van der Waals surface area contributed by atoms with Crippen LogP contribution in [0.5, 0.6) is 0 Å². The predicted octanol–water partition coefficient (Wildman–Crippen LogP) is 1.00. The standard InChI is InChI=1S/C21H24N4O5S2/c1-15-8-10-16(11-9-15)31(27,28)23-13-12-22-21(26)18-6-4-14-25(18)20-17-5-2-3-7-19(17)32(29,30)24-20/h2-3,5,7-11,18,23H,4,6,12-14H2,1H3,(H,22,26)/t18-/m0/s1. The molecule has 2 aliphatic rings. The second-order valence-corrected chi connectivity index (χ2v) is 11.1. The number of likely N-dealkylation sites (tertiary alicyclic amines) is 1. The van der Waals surface area contributed by atoms with Gasteiger partial charge in [0.2, 0.25) is 15.9 Å². The molecule has 1 fully saturated rings. The van der Waals surface area contributed by atoms with E-state index in [2.05, 4.69) is 14.4 Å². The predicted molar refractivity (Wildman–Crippen MR) is 119 cm³/mol. The number of sulfonamides is 2. The topological polar surface area (TPSA) is 125 Å². The maximum absolute atomic E-state index is 12.8. The van der Waals surface area contributed by atoms with E-state index in [1.165, 1.54) is 18.2 Å². The summed E-state index contributed by atoms with van der Waals surface area (Å²) in [6.45, 7) is 2.53. The minimum absolute atomic E-state index is 0.0346. The lowest BCUT2D eigenvalue weighted by molar-refractivity contribution is -0.124. The molecule has 2 aromatic carbocycles. The van der Waals surface area contributed by atoms with Crippen molar-refractivity contribution in [3.63, 3.8) is 0 Å². The van der Waals surface area contributed by atoms with Crippen LogP contribution in [-0.2, 0) is 24.8 Å². The Morgan fingerprint density at radius 1 is 1.12 bits per heavy atom. The van der Waals surface area contributed by atoms with E-state index in [1.54, 1.807) is 35.2 Å². The van der Waals surface area contributed by atoms with Gasteiger partial charge >= 0.3 is 0 Å². The van der Waals surface area contributed by atoms with Crippen molar-refractivity contribution in [3.05, 3.63) is 59.7 Å². The number of aryl methyl sites for hydroxylation is 1. The molecular formula is C21H24N4O5S2. The highest BCUT2D eigenvalue weighted by molar-refractivity contribution is 7.90. The number of hydrogen-bond donors (Lipinski definition) is 2. The Hall–Kier alpha value is -2.76. The van der Waals surface area contributed by atoms with Crippen LogP contribution >= 0.6 is 0 Å². The summed E-state index contributed by atoms with van der Waals surface area (Å²) >= 11 is 0. The fourth-order valence-corrected chi connectivity index (χ4v) is 6.13. The van der Waals surface area contributed by atoms with Crippen molar-refractivity contribution in [1.29, 1.82) is 0 Å². The van der Waals surface area contributed by atoms with Gasteiger partial charge in [0.25, 0.3) is 10.0 Å². The Labute approximate surface area is 187 Å². The van der Waals surface area contributed by atoms with Gasteiger partial charge < -0.3 is 10.2 Å². The molecule has 2 N–H and O–H groups in total. The number of amidine groups is 1. The quantitative estimate of drug-likeness (QED) is 0.600. The van der Waals surface area contributed by atoms with Crippen LogP contribution in [0.25, 0.3) is 0 Å². The zero-order chi connectivity index (χ0) is 22.9. The molecule has 1 atom stereocenters. The van der Waals surface area contributed by atoms with Gasteiger partial charge in [-0.1, -0.05) is 29.8 Å². The van der Waals surface area contributed by atoms with Crippen molar-refractivity contribution in [1.82, 2.24) is 14.9 Å². The molecule has 0 aliphatic carbocycles. The zero-order valence-corrected chi connectivity index (χ0v) is 19.1. The average molecular weight is 477 g/mol. The summed E-state index contributed by atoms with van der Waals surface area (Å²) < 4.78 is 55.8. The van der Waals surface area contributed by atoms with E-state index in [9.17, 15) is 21.6 Å². The summed E-state index contributed by atoms with van der Waals surface area (Å²) in [7, 11) is -7.43. The summed E-state index contributed by atoms with van der Waals surface area (Å²) in [4.78, 5) is 14.8. The molecule has 0 bridgehead atoms. The summed E-state index contributed by atoms with van der Waals surface area (Å²) in [5, 5.41) is 2.74. The lowest BCUT2D eigenvalue weighted by Gasteiger charge is -2.25. The van der Waals surface area contributed by atoms with Crippen molar-refractivity contribution in [2.45, 2.75) is 35.6 Å². The maximum atomic E-state index is 12.8. The monoisotopic (exact) mass is 476 g/mol. The van der Waals surface area contributed by atoms with E-state index in [1.807, 2.05) is 6.92 Å². The fraction of sp³-hybridized carbons (Fsp3) is 0.333. The van der Waals surface area contributed by atoms with Gasteiger partial charge in [0.1, 0.15) is 10.9 Å². The Balaban J connectivity index is 1.37. The molecule has 0 unspecified atom stereocenters. The van der Waals surface area contributed by atoms with Gasteiger partial charge in [-0.3, -0.25) is 4.79 Å². The lowest BCUT2D eigenvalue weighted by Crippen LogP contribution is -2.47. The molecule has 32 heavy (non-hydrogen) atoms. The number of carbonyl (C=O) groups excluding carboxylic acids is 1. The Bertz CT molecular complexity index is 1270. The van der Waals surface area contributed by atoms with Crippen LogP contribution in [0.2, 0.25) is 0 Å². The summed E-state index contributed by atoms with van der Waals surface area (Å²) in [6.07, 6.45) is 1.28.